The average Bonchev–Trinajstić information content (AvgIpc) is 2.79. The topological polar surface area (TPSA) is 136 Å². The number of sulfonamides is 1. The van der Waals surface area contributed by atoms with Crippen LogP contribution < -0.4 is 10.5 Å². The zero-order chi connectivity index (χ0) is 24.2. The predicted molar refractivity (Wildman–Crippen MR) is 122 cm³/mol. The Hall–Kier alpha value is -2.95. The molecule has 1 heterocycles. The summed E-state index contributed by atoms with van der Waals surface area (Å²) in [5, 5.41) is 8.13. The number of piperidine rings is 1. The van der Waals surface area contributed by atoms with E-state index in [9.17, 15) is 22.8 Å². The van der Waals surface area contributed by atoms with Gasteiger partial charge in [0.2, 0.25) is 10.0 Å². The zero-order valence-corrected chi connectivity index (χ0v) is 19.4. The Balaban J connectivity index is 1.55. The van der Waals surface area contributed by atoms with E-state index < -0.39 is 33.9 Å². The lowest BCUT2D eigenvalue weighted by Crippen LogP contribution is -2.44. The lowest BCUT2D eigenvalue weighted by molar-refractivity contribution is -0.158. The number of carbonyl (C=O) groups is 3. The largest absolute Gasteiger partial charge is 0.452 e. The van der Waals surface area contributed by atoms with E-state index in [1.165, 1.54) is 31.2 Å². The molecule has 1 saturated heterocycles. The first-order valence-electron chi connectivity index (χ1n) is 10.2. The van der Waals surface area contributed by atoms with Gasteiger partial charge in [-0.25, -0.2) is 13.6 Å². The molecule has 1 aliphatic heterocycles. The second-order valence-corrected chi connectivity index (χ2v) is 9.73. The van der Waals surface area contributed by atoms with Gasteiger partial charge in [-0.05, 0) is 68.3 Å². The number of nitrogens with two attached hydrogens (primary N) is 1. The van der Waals surface area contributed by atoms with Crippen LogP contribution in [0.25, 0.3) is 0 Å². The fraction of sp³-hybridized carbons (Fsp3) is 0.318. The maximum atomic E-state index is 12.7. The fourth-order valence-electron chi connectivity index (χ4n) is 3.42. The van der Waals surface area contributed by atoms with Gasteiger partial charge in [-0.1, -0.05) is 11.6 Å². The van der Waals surface area contributed by atoms with Crippen molar-refractivity contribution in [2.24, 2.45) is 11.1 Å². The summed E-state index contributed by atoms with van der Waals surface area (Å²) in [4.78, 5) is 39.2. The number of primary sulfonamides is 1. The summed E-state index contributed by atoms with van der Waals surface area (Å²) in [6.45, 7) is 2.16. The minimum Gasteiger partial charge on any atom is -0.452 e. The van der Waals surface area contributed by atoms with Crippen molar-refractivity contribution in [3.05, 3.63) is 59.1 Å². The monoisotopic (exact) mass is 493 g/mol. The highest BCUT2D eigenvalue weighted by molar-refractivity contribution is 7.89. The van der Waals surface area contributed by atoms with Crippen LogP contribution in [0.4, 0.5) is 5.69 Å². The van der Waals surface area contributed by atoms with Crippen molar-refractivity contribution in [1.82, 2.24) is 4.90 Å². The molecule has 2 aromatic carbocycles. The molecule has 33 heavy (non-hydrogen) atoms. The van der Waals surface area contributed by atoms with Crippen LogP contribution in [0.5, 0.6) is 0 Å². The summed E-state index contributed by atoms with van der Waals surface area (Å²) in [6.07, 6.45) is 0.0978. The van der Waals surface area contributed by atoms with Crippen molar-refractivity contribution in [3.63, 3.8) is 0 Å². The first kappa shape index (κ1) is 24.7. The number of amides is 2. The molecule has 2 atom stereocenters. The summed E-state index contributed by atoms with van der Waals surface area (Å²) < 4.78 is 27.9. The molecule has 3 N–H and O–H groups in total. The van der Waals surface area contributed by atoms with Crippen LogP contribution in [0, 0.1) is 5.92 Å². The van der Waals surface area contributed by atoms with Crippen molar-refractivity contribution in [3.8, 4) is 0 Å². The molecule has 1 fully saturated rings. The van der Waals surface area contributed by atoms with Gasteiger partial charge >= 0.3 is 5.97 Å². The predicted octanol–water partition coefficient (Wildman–Crippen LogP) is 2.41. The Kier molecular flexibility index (Phi) is 7.72. The number of benzene rings is 2. The number of rotatable bonds is 6. The third kappa shape index (κ3) is 6.53. The molecule has 0 aliphatic carbocycles. The molecule has 2 aromatic rings. The number of likely N-dealkylation sites (tertiary alicyclic amines) is 1. The molecule has 11 heteroatoms. The lowest BCUT2D eigenvalue weighted by atomic mass is 9.97. The highest BCUT2D eigenvalue weighted by Crippen LogP contribution is 2.21. The van der Waals surface area contributed by atoms with Crippen LogP contribution in [-0.2, 0) is 24.3 Å². The Morgan fingerprint density at radius 3 is 2.36 bits per heavy atom. The van der Waals surface area contributed by atoms with Crippen molar-refractivity contribution < 1.29 is 27.5 Å². The van der Waals surface area contributed by atoms with Gasteiger partial charge in [-0.3, -0.25) is 14.4 Å². The molecule has 0 aromatic heterocycles. The van der Waals surface area contributed by atoms with Crippen LogP contribution in [-0.4, -0.2) is 50.3 Å². The highest BCUT2D eigenvalue weighted by atomic mass is 35.5. The Morgan fingerprint density at radius 1 is 1.12 bits per heavy atom. The average molecular weight is 494 g/mol. The maximum absolute atomic E-state index is 12.7. The summed E-state index contributed by atoms with van der Waals surface area (Å²) in [7, 11) is -3.84. The number of hydrogen-bond donors (Lipinski definition) is 2. The first-order valence-corrected chi connectivity index (χ1v) is 12.2. The smallest absolute Gasteiger partial charge is 0.311 e. The number of nitrogens with one attached hydrogen (secondary N) is 1. The van der Waals surface area contributed by atoms with E-state index in [0.717, 1.165) is 0 Å². The minimum atomic E-state index is -3.84. The van der Waals surface area contributed by atoms with E-state index in [4.69, 9.17) is 21.5 Å². The Morgan fingerprint density at radius 2 is 1.76 bits per heavy atom. The molecular formula is C22H24ClN3O6S. The molecule has 0 bridgehead atoms. The van der Waals surface area contributed by atoms with Gasteiger partial charge < -0.3 is 15.0 Å². The molecular weight excluding hydrogens is 470 g/mol. The summed E-state index contributed by atoms with van der Waals surface area (Å²) >= 11 is 5.87. The van der Waals surface area contributed by atoms with Crippen LogP contribution in [0.1, 0.15) is 30.1 Å². The van der Waals surface area contributed by atoms with Gasteiger partial charge in [-0.15, -0.1) is 0 Å². The van der Waals surface area contributed by atoms with Crippen molar-refractivity contribution in [1.29, 1.82) is 0 Å². The van der Waals surface area contributed by atoms with E-state index >= 15 is 0 Å². The zero-order valence-electron chi connectivity index (χ0n) is 17.9. The summed E-state index contributed by atoms with van der Waals surface area (Å²) in [5.74, 6) is -1.87. The third-order valence-electron chi connectivity index (χ3n) is 5.25. The third-order valence-corrected chi connectivity index (χ3v) is 6.43. The number of nitrogens with zero attached hydrogens (tertiary/aromatic N) is 1. The quantitative estimate of drug-likeness (QED) is 0.593. The van der Waals surface area contributed by atoms with Crippen LogP contribution in [0.2, 0.25) is 5.02 Å². The van der Waals surface area contributed by atoms with Gasteiger partial charge in [0.25, 0.3) is 11.8 Å². The lowest BCUT2D eigenvalue weighted by Gasteiger charge is -2.32. The SMILES string of the molecule is C[C@H](OC(=O)[C@@H]1CCCN(C(=O)c2ccc(Cl)cc2)C1)C(=O)Nc1ccc(S(N)(=O)=O)cc1. The van der Waals surface area contributed by atoms with Gasteiger partial charge in [0.1, 0.15) is 0 Å². The Labute approximate surface area is 196 Å². The van der Waals surface area contributed by atoms with E-state index in [-0.39, 0.29) is 17.3 Å². The van der Waals surface area contributed by atoms with Crippen molar-refractivity contribution in [2.45, 2.75) is 30.8 Å². The van der Waals surface area contributed by atoms with Gasteiger partial charge in [0.05, 0.1) is 10.8 Å². The molecule has 1 aliphatic rings. The number of halogens is 1. The van der Waals surface area contributed by atoms with Crippen molar-refractivity contribution >= 4 is 45.1 Å². The molecule has 0 unspecified atom stereocenters. The summed E-state index contributed by atoms with van der Waals surface area (Å²) in [5.41, 5.74) is 0.808. The number of esters is 1. The second kappa shape index (κ2) is 10.3. The van der Waals surface area contributed by atoms with Crippen molar-refractivity contribution in [2.75, 3.05) is 18.4 Å². The molecule has 0 saturated carbocycles. The minimum absolute atomic E-state index is 0.0880. The molecule has 0 spiro atoms. The molecule has 176 valence electrons. The van der Waals surface area contributed by atoms with Crippen LogP contribution in [0.15, 0.2) is 53.4 Å². The van der Waals surface area contributed by atoms with E-state index in [1.807, 2.05) is 0 Å². The standard InChI is InChI=1S/C22H24ClN3O6S/c1-14(20(27)25-18-8-10-19(11-9-18)33(24,30)31)32-22(29)16-3-2-12-26(13-16)21(28)15-4-6-17(23)7-5-15/h4-11,14,16H,2-3,12-13H2,1H3,(H,25,27)(H2,24,30,31)/t14-,16+/m0/s1. The maximum Gasteiger partial charge on any atom is 0.311 e. The molecule has 3 rings (SSSR count). The summed E-state index contributed by atoms with van der Waals surface area (Å²) in [6, 6.07) is 11.8. The normalized spacial score (nSPS) is 17.2. The molecule has 0 radical (unpaired) electrons. The van der Waals surface area contributed by atoms with Gasteiger partial charge in [0, 0.05) is 29.4 Å². The second-order valence-electron chi connectivity index (χ2n) is 7.73. The number of carbonyl (C=O) groups excluding carboxylic acids is 3. The van der Waals surface area contributed by atoms with E-state index in [0.29, 0.717) is 35.7 Å². The number of anilines is 1. The van der Waals surface area contributed by atoms with Crippen LogP contribution >= 0.6 is 11.6 Å². The molecule has 2 amide bonds. The number of hydrogen-bond acceptors (Lipinski definition) is 6. The Bertz CT molecular complexity index is 1140. The van der Waals surface area contributed by atoms with Gasteiger partial charge in [-0.2, -0.15) is 0 Å². The highest BCUT2D eigenvalue weighted by Gasteiger charge is 2.31. The molecule has 9 nitrogen and oxygen atoms in total. The van der Waals surface area contributed by atoms with Crippen LogP contribution in [0.3, 0.4) is 0 Å². The van der Waals surface area contributed by atoms with E-state index in [2.05, 4.69) is 5.32 Å². The van der Waals surface area contributed by atoms with Gasteiger partial charge in [0.15, 0.2) is 6.10 Å². The van der Waals surface area contributed by atoms with E-state index in [1.54, 1.807) is 29.2 Å². The number of ether oxygens (including phenoxy) is 1. The first-order chi connectivity index (χ1) is 15.5. The fourth-order valence-corrected chi connectivity index (χ4v) is 4.07.